The zero-order chi connectivity index (χ0) is 11.6. The van der Waals surface area contributed by atoms with Gasteiger partial charge >= 0.3 is 6.18 Å². The molecule has 82 valence electrons. The van der Waals surface area contributed by atoms with E-state index in [2.05, 4.69) is 31.9 Å². The Hall–Kier alpha value is -0.360. The highest BCUT2D eigenvalue weighted by atomic mass is 79.9. The summed E-state index contributed by atoms with van der Waals surface area (Å²) < 4.78 is 36.7. The number of Topliss-reactive ketones (excluding diaryl/α,β-unsaturated/α-hetero) is 1. The van der Waals surface area contributed by atoms with E-state index in [4.69, 9.17) is 0 Å². The van der Waals surface area contributed by atoms with Crippen molar-refractivity contribution in [3.63, 3.8) is 0 Å². The van der Waals surface area contributed by atoms with Crippen LogP contribution in [0.1, 0.15) is 15.9 Å². The van der Waals surface area contributed by atoms with Crippen molar-refractivity contribution < 1.29 is 18.0 Å². The molecule has 0 radical (unpaired) electrons. The monoisotopic (exact) mass is 344 g/mol. The Kier molecular flexibility index (Phi) is 3.94. The van der Waals surface area contributed by atoms with Crippen LogP contribution in [0.4, 0.5) is 13.2 Å². The molecule has 0 spiro atoms. The molecule has 0 fully saturated rings. The number of ketones is 1. The summed E-state index contributed by atoms with van der Waals surface area (Å²) >= 11 is 5.75. The third-order valence-corrected chi connectivity index (χ3v) is 2.53. The molecule has 1 aromatic carbocycles. The van der Waals surface area contributed by atoms with Gasteiger partial charge in [-0.2, -0.15) is 13.2 Å². The Morgan fingerprint density at radius 2 is 1.73 bits per heavy atom. The molecule has 1 aromatic rings. The smallest absolute Gasteiger partial charge is 0.292 e. The Morgan fingerprint density at radius 3 is 2.20 bits per heavy atom. The van der Waals surface area contributed by atoms with Crippen molar-refractivity contribution in [2.75, 3.05) is 0 Å². The van der Waals surface area contributed by atoms with Crippen LogP contribution in [-0.4, -0.2) is 9.52 Å². The van der Waals surface area contributed by atoms with Crippen molar-refractivity contribution in [1.82, 2.24) is 0 Å². The van der Waals surface area contributed by atoms with Gasteiger partial charge in [-0.1, -0.05) is 50.1 Å². The summed E-state index contributed by atoms with van der Waals surface area (Å²) in [7, 11) is 0. The van der Waals surface area contributed by atoms with Crippen molar-refractivity contribution in [2.45, 2.75) is 9.91 Å². The topological polar surface area (TPSA) is 17.1 Å². The SMILES string of the molecule is O=C(c1ccccc1C(F)(F)F)C(Br)Br. The second-order valence-electron chi connectivity index (χ2n) is 2.71. The first-order chi connectivity index (χ1) is 6.84. The maximum atomic E-state index is 12.5. The molecular formula is C9H5Br2F3O. The van der Waals surface area contributed by atoms with Gasteiger partial charge in [0, 0.05) is 5.56 Å². The number of hydrogen-bond acceptors (Lipinski definition) is 1. The van der Waals surface area contributed by atoms with E-state index in [1.165, 1.54) is 12.1 Å². The molecule has 6 heteroatoms. The van der Waals surface area contributed by atoms with E-state index in [0.717, 1.165) is 12.1 Å². The number of carbonyl (C=O) groups excluding carboxylic acids is 1. The van der Waals surface area contributed by atoms with Gasteiger partial charge in [0.1, 0.15) is 3.74 Å². The molecule has 0 aromatic heterocycles. The molecule has 0 atom stereocenters. The van der Waals surface area contributed by atoms with Crippen LogP contribution in [0.3, 0.4) is 0 Å². The fourth-order valence-corrected chi connectivity index (χ4v) is 1.56. The first-order valence-corrected chi connectivity index (χ1v) is 5.65. The maximum absolute atomic E-state index is 12.5. The number of rotatable bonds is 2. The van der Waals surface area contributed by atoms with Gasteiger partial charge in [0.05, 0.1) is 5.56 Å². The van der Waals surface area contributed by atoms with Gasteiger partial charge in [-0.15, -0.1) is 0 Å². The van der Waals surface area contributed by atoms with Crippen molar-refractivity contribution >= 4 is 37.6 Å². The average Bonchev–Trinajstić information content (AvgIpc) is 2.15. The van der Waals surface area contributed by atoms with Crippen LogP contribution in [0.2, 0.25) is 0 Å². The lowest BCUT2D eigenvalue weighted by Crippen LogP contribution is -2.16. The molecule has 0 bridgehead atoms. The first-order valence-electron chi connectivity index (χ1n) is 3.82. The number of benzene rings is 1. The van der Waals surface area contributed by atoms with Crippen molar-refractivity contribution in [1.29, 1.82) is 0 Å². The summed E-state index contributed by atoms with van der Waals surface area (Å²) in [6, 6.07) is 4.68. The fourth-order valence-electron chi connectivity index (χ4n) is 1.06. The summed E-state index contributed by atoms with van der Waals surface area (Å²) in [5, 5.41) is 0. The van der Waals surface area contributed by atoms with Gasteiger partial charge in [-0.25, -0.2) is 0 Å². The minimum absolute atomic E-state index is 0.344. The summed E-state index contributed by atoms with van der Waals surface area (Å²) in [6.07, 6.45) is -4.51. The summed E-state index contributed by atoms with van der Waals surface area (Å²) in [5.74, 6) is -0.650. The van der Waals surface area contributed by atoms with E-state index in [1.54, 1.807) is 0 Å². The molecule has 1 rings (SSSR count). The molecule has 0 heterocycles. The van der Waals surface area contributed by atoms with E-state index in [0.29, 0.717) is 0 Å². The Morgan fingerprint density at radius 1 is 1.20 bits per heavy atom. The van der Waals surface area contributed by atoms with Gasteiger partial charge in [0.25, 0.3) is 0 Å². The number of halogens is 5. The van der Waals surface area contributed by atoms with Crippen molar-refractivity contribution in [2.24, 2.45) is 0 Å². The van der Waals surface area contributed by atoms with E-state index >= 15 is 0 Å². The molecule has 0 aliphatic rings. The summed E-state index contributed by atoms with van der Waals surface area (Å²) in [4.78, 5) is 11.4. The Bertz CT molecular complexity index is 374. The third-order valence-electron chi connectivity index (χ3n) is 1.70. The highest BCUT2D eigenvalue weighted by Gasteiger charge is 2.35. The molecule has 1 nitrogen and oxygen atoms in total. The zero-order valence-corrected chi connectivity index (χ0v) is 10.4. The van der Waals surface area contributed by atoms with Crippen LogP contribution in [0.25, 0.3) is 0 Å². The third kappa shape index (κ3) is 3.04. The predicted molar refractivity (Wildman–Crippen MR) is 57.4 cm³/mol. The predicted octanol–water partition coefficient (Wildman–Crippen LogP) is 4.00. The van der Waals surface area contributed by atoms with Gasteiger partial charge in [0.2, 0.25) is 0 Å². The second-order valence-corrected chi connectivity index (χ2v) is 5.77. The second kappa shape index (κ2) is 4.65. The van der Waals surface area contributed by atoms with Gasteiger partial charge in [-0.05, 0) is 6.07 Å². The van der Waals surface area contributed by atoms with Gasteiger partial charge in [0.15, 0.2) is 5.78 Å². The summed E-state index contributed by atoms with van der Waals surface area (Å²) in [5.41, 5.74) is -1.26. The van der Waals surface area contributed by atoms with Crippen LogP contribution in [0, 0.1) is 0 Å². The number of alkyl halides is 5. The van der Waals surface area contributed by atoms with E-state index in [9.17, 15) is 18.0 Å². The van der Waals surface area contributed by atoms with E-state index in [1.807, 2.05) is 0 Å². The molecule has 0 aliphatic carbocycles. The van der Waals surface area contributed by atoms with Gasteiger partial charge in [-0.3, -0.25) is 4.79 Å². The van der Waals surface area contributed by atoms with E-state index in [-0.39, 0.29) is 5.56 Å². The van der Waals surface area contributed by atoms with Crippen molar-refractivity contribution in [3.8, 4) is 0 Å². The minimum Gasteiger partial charge on any atom is -0.292 e. The quantitative estimate of drug-likeness (QED) is 0.584. The highest BCUT2D eigenvalue weighted by molar-refractivity contribution is 9.25. The molecule has 0 N–H and O–H groups in total. The van der Waals surface area contributed by atoms with E-state index < -0.39 is 21.3 Å². The van der Waals surface area contributed by atoms with Crippen LogP contribution >= 0.6 is 31.9 Å². The molecule has 0 saturated heterocycles. The molecule has 0 amide bonds. The minimum atomic E-state index is -4.51. The van der Waals surface area contributed by atoms with Crippen LogP contribution < -0.4 is 0 Å². The zero-order valence-electron chi connectivity index (χ0n) is 7.18. The lowest BCUT2D eigenvalue weighted by Gasteiger charge is -2.11. The molecule has 0 unspecified atom stereocenters. The average molecular weight is 346 g/mol. The maximum Gasteiger partial charge on any atom is 0.417 e. The Balaban J connectivity index is 3.25. The largest absolute Gasteiger partial charge is 0.417 e. The highest BCUT2D eigenvalue weighted by Crippen LogP contribution is 2.33. The number of hydrogen-bond donors (Lipinski definition) is 0. The molecule has 15 heavy (non-hydrogen) atoms. The standard InChI is InChI=1S/C9H5Br2F3O/c10-8(11)7(15)5-3-1-2-4-6(5)9(12,13)14/h1-4,8H. The molecule has 0 saturated carbocycles. The molecule has 0 aliphatic heterocycles. The number of carbonyl (C=O) groups is 1. The lowest BCUT2D eigenvalue weighted by atomic mass is 10.0. The van der Waals surface area contributed by atoms with Crippen LogP contribution in [0.15, 0.2) is 24.3 Å². The van der Waals surface area contributed by atoms with Crippen molar-refractivity contribution in [3.05, 3.63) is 35.4 Å². The lowest BCUT2D eigenvalue weighted by molar-refractivity contribution is -0.137. The summed E-state index contributed by atoms with van der Waals surface area (Å²) in [6.45, 7) is 0. The first kappa shape index (κ1) is 12.7. The van der Waals surface area contributed by atoms with Crippen LogP contribution in [0.5, 0.6) is 0 Å². The molecular weight excluding hydrogens is 341 g/mol. The normalized spacial score (nSPS) is 11.9. The van der Waals surface area contributed by atoms with Crippen LogP contribution in [-0.2, 0) is 6.18 Å². The van der Waals surface area contributed by atoms with Gasteiger partial charge < -0.3 is 0 Å². The Labute approximate surface area is 101 Å². The fraction of sp³-hybridized carbons (Fsp3) is 0.222.